The maximum Gasteiger partial charge on any atom is 0.270 e. The third-order valence-electron chi connectivity index (χ3n) is 3.90. The molecule has 2 aromatic heterocycles. The van der Waals surface area contributed by atoms with E-state index in [2.05, 4.69) is 15.6 Å². The minimum atomic E-state index is -0.196. The van der Waals surface area contributed by atoms with Gasteiger partial charge in [-0.3, -0.25) is 14.0 Å². The molecule has 0 atom stereocenters. The van der Waals surface area contributed by atoms with Crippen LogP contribution in [0, 0.1) is 13.8 Å². The van der Waals surface area contributed by atoms with Crippen LogP contribution in [0.2, 0.25) is 0 Å². The summed E-state index contributed by atoms with van der Waals surface area (Å²) in [5.41, 5.74) is 2.99. The Kier molecular flexibility index (Phi) is 7.55. The molecule has 2 amide bonds. The molecule has 3 N–H and O–H groups in total. The number of aryl methyl sites for hydroxylation is 2. The molecule has 0 spiro atoms. The zero-order valence-electron chi connectivity index (χ0n) is 15.2. The number of carbonyl (C=O) groups excluding carboxylic acids is 2. The van der Waals surface area contributed by atoms with Crippen LogP contribution in [-0.4, -0.2) is 59.2 Å². The second-order valence-electron chi connectivity index (χ2n) is 5.98. The number of amides is 2. The highest BCUT2D eigenvalue weighted by Gasteiger charge is 2.16. The average molecular weight is 362 g/mol. The maximum atomic E-state index is 12.5. The molecule has 0 saturated carbocycles. The number of aromatic nitrogens is 2. The number of nitrogens with zero attached hydrogens (tertiary/aromatic N) is 2. The largest absolute Gasteiger partial charge is 0.394 e. The predicted octanol–water partition coefficient (Wildman–Crippen LogP) is 0.586. The number of pyridine rings is 1. The van der Waals surface area contributed by atoms with Crippen molar-refractivity contribution in [3.05, 3.63) is 35.3 Å². The summed E-state index contributed by atoms with van der Waals surface area (Å²) in [6.45, 7) is 5.20. The molecule has 2 aromatic rings. The van der Waals surface area contributed by atoms with Crippen molar-refractivity contribution in [3.8, 4) is 0 Å². The Morgan fingerprint density at radius 2 is 2.04 bits per heavy atom. The van der Waals surface area contributed by atoms with Gasteiger partial charge in [0.25, 0.3) is 5.91 Å². The van der Waals surface area contributed by atoms with Gasteiger partial charge >= 0.3 is 0 Å². The van der Waals surface area contributed by atoms with Crippen LogP contribution in [0.5, 0.6) is 0 Å². The molecule has 0 aliphatic carbocycles. The van der Waals surface area contributed by atoms with Gasteiger partial charge in [-0.25, -0.2) is 4.98 Å². The zero-order valence-corrected chi connectivity index (χ0v) is 15.2. The van der Waals surface area contributed by atoms with E-state index < -0.39 is 0 Å². The van der Waals surface area contributed by atoms with Crippen molar-refractivity contribution < 1.29 is 19.4 Å². The molecule has 0 aliphatic heterocycles. The number of rotatable bonds is 10. The summed E-state index contributed by atoms with van der Waals surface area (Å²) in [5, 5.41) is 14.1. The van der Waals surface area contributed by atoms with Crippen LogP contribution < -0.4 is 10.6 Å². The summed E-state index contributed by atoms with van der Waals surface area (Å²) in [7, 11) is 0. The average Bonchev–Trinajstić information content (AvgIpc) is 2.96. The minimum Gasteiger partial charge on any atom is -0.394 e. The summed E-state index contributed by atoms with van der Waals surface area (Å²) >= 11 is 0. The van der Waals surface area contributed by atoms with Crippen molar-refractivity contribution in [1.29, 1.82) is 0 Å². The second kappa shape index (κ2) is 9.88. The lowest BCUT2D eigenvalue weighted by Crippen LogP contribution is -2.30. The Labute approximate surface area is 152 Å². The van der Waals surface area contributed by atoms with E-state index in [1.54, 1.807) is 4.40 Å². The molecular formula is C18H26N4O4. The predicted molar refractivity (Wildman–Crippen MR) is 97.1 cm³/mol. The fraction of sp³-hybridized carbons (Fsp3) is 0.500. The van der Waals surface area contributed by atoms with Crippen molar-refractivity contribution in [2.75, 3.05) is 32.9 Å². The first-order chi connectivity index (χ1) is 12.5. The first-order valence-electron chi connectivity index (χ1n) is 8.72. The van der Waals surface area contributed by atoms with Crippen LogP contribution in [0.1, 0.15) is 34.6 Å². The van der Waals surface area contributed by atoms with Gasteiger partial charge in [-0.2, -0.15) is 0 Å². The number of aliphatic hydroxyl groups is 1. The van der Waals surface area contributed by atoms with E-state index in [1.165, 1.54) is 0 Å². The lowest BCUT2D eigenvalue weighted by molar-refractivity contribution is -0.121. The molecule has 2 heterocycles. The molecule has 0 bridgehead atoms. The first-order valence-corrected chi connectivity index (χ1v) is 8.72. The van der Waals surface area contributed by atoms with Crippen LogP contribution in [0.3, 0.4) is 0 Å². The molecule has 8 heteroatoms. The number of imidazole rings is 1. The number of aliphatic hydroxyl groups excluding tert-OH is 1. The van der Waals surface area contributed by atoms with E-state index in [9.17, 15) is 9.59 Å². The summed E-state index contributed by atoms with van der Waals surface area (Å²) in [6, 6.07) is 3.84. The van der Waals surface area contributed by atoms with Gasteiger partial charge < -0.3 is 20.5 Å². The van der Waals surface area contributed by atoms with E-state index >= 15 is 0 Å². The smallest absolute Gasteiger partial charge is 0.270 e. The number of nitrogens with one attached hydrogen (secondary N) is 2. The van der Waals surface area contributed by atoms with Crippen LogP contribution >= 0.6 is 0 Å². The second-order valence-corrected chi connectivity index (χ2v) is 5.98. The minimum absolute atomic E-state index is 0.0286. The third kappa shape index (κ3) is 5.27. The maximum absolute atomic E-state index is 12.5. The van der Waals surface area contributed by atoms with Gasteiger partial charge in [-0.05, 0) is 31.9 Å². The van der Waals surface area contributed by atoms with Crippen LogP contribution in [0.25, 0.3) is 5.65 Å². The molecule has 0 unspecified atom stereocenters. The molecule has 26 heavy (non-hydrogen) atoms. The zero-order chi connectivity index (χ0) is 18.9. The molecule has 0 aliphatic rings. The molecule has 0 radical (unpaired) electrons. The monoisotopic (exact) mass is 362 g/mol. The topological polar surface area (TPSA) is 105 Å². The Hall–Kier alpha value is -2.45. The Bertz CT molecular complexity index is 757. The van der Waals surface area contributed by atoms with E-state index in [1.807, 2.05) is 32.2 Å². The molecule has 142 valence electrons. The van der Waals surface area contributed by atoms with Crippen LogP contribution in [0.4, 0.5) is 0 Å². The highest BCUT2D eigenvalue weighted by atomic mass is 16.5. The fourth-order valence-corrected chi connectivity index (χ4v) is 2.64. The van der Waals surface area contributed by atoms with Gasteiger partial charge in [0.15, 0.2) is 0 Å². The summed E-state index contributed by atoms with van der Waals surface area (Å²) in [6.07, 6.45) is 2.69. The molecule has 8 nitrogen and oxygen atoms in total. The lowest BCUT2D eigenvalue weighted by Gasteiger charge is -2.07. The fourth-order valence-electron chi connectivity index (χ4n) is 2.64. The van der Waals surface area contributed by atoms with Gasteiger partial charge in [0.1, 0.15) is 11.3 Å². The summed E-state index contributed by atoms with van der Waals surface area (Å²) < 4.78 is 6.85. The lowest BCUT2D eigenvalue weighted by atomic mass is 10.2. The summed E-state index contributed by atoms with van der Waals surface area (Å²) in [4.78, 5) is 28.6. The number of hydrogen-bond acceptors (Lipinski definition) is 5. The number of ether oxygens (including phenoxy) is 1. The molecule has 0 aromatic carbocycles. The molecular weight excluding hydrogens is 336 g/mol. The number of fused-ring (bicyclic) bond motifs is 1. The van der Waals surface area contributed by atoms with E-state index in [0.717, 1.165) is 11.2 Å². The van der Waals surface area contributed by atoms with Crippen LogP contribution in [-0.2, 0) is 9.53 Å². The van der Waals surface area contributed by atoms with Gasteiger partial charge in [-0.15, -0.1) is 0 Å². The van der Waals surface area contributed by atoms with Gasteiger partial charge in [0, 0.05) is 25.7 Å². The van der Waals surface area contributed by atoms with E-state index in [0.29, 0.717) is 43.9 Å². The molecule has 0 fully saturated rings. The van der Waals surface area contributed by atoms with Gasteiger partial charge in [0.05, 0.1) is 25.5 Å². The van der Waals surface area contributed by atoms with Crippen molar-refractivity contribution in [3.63, 3.8) is 0 Å². The number of carbonyl (C=O) groups is 2. The number of hydrogen-bond donors (Lipinski definition) is 3. The van der Waals surface area contributed by atoms with Crippen LogP contribution in [0.15, 0.2) is 18.3 Å². The Morgan fingerprint density at radius 3 is 2.81 bits per heavy atom. The molecule has 0 saturated heterocycles. The van der Waals surface area contributed by atoms with Crippen molar-refractivity contribution >= 4 is 17.5 Å². The normalized spacial score (nSPS) is 10.9. The van der Waals surface area contributed by atoms with Crippen molar-refractivity contribution in [2.24, 2.45) is 0 Å². The summed E-state index contributed by atoms with van der Waals surface area (Å²) in [5.74, 6) is -0.285. The first kappa shape index (κ1) is 19.9. The highest BCUT2D eigenvalue weighted by Crippen LogP contribution is 2.15. The van der Waals surface area contributed by atoms with Gasteiger partial charge in [-0.1, -0.05) is 6.07 Å². The Balaban J connectivity index is 1.75. The standard InChI is InChI=1S/C18H26N4O4/c1-13-5-4-9-22-16(14(2)21-17(13)22)18(25)20-7-3-6-15(24)19-8-11-26-12-10-23/h4-5,9,23H,3,6-8,10-12H2,1-2H3,(H,19,24)(H,20,25). The SMILES string of the molecule is Cc1nc2c(C)cccn2c1C(=O)NCCCC(=O)NCCOCCO. The van der Waals surface area contributed by atoms with Crippen molar-refractivity contribution in [2.45, 2.75) is 26.7 Å². The van der Waals surface area contributed by atoms with Gasteiger partial charge in [0.2, 0.25) is 5.91 Å². The molecule has 2 rings (SSSR count). The van der Waals surface area contributed by atoms with E-state index in [4.69, 9.17) is 9.84 Å². The quantitative estimate of drug-likeness (QED) is 0.537. The van der Waals surface area contributed by atoms with Crippen molar-refractivity contribution in [1.82, 2.24) is 20.0 Å². The highest BCUT2D eigenvalue weighted by molar-refractivity contribution is 5.94. The Morgan fingerprint density at radius 1 is 1.23 bits per heavy atom. The third-order valence-corrected chi connectivity index (χ3v) is 3.90. The van der Waals surface area contributed by atoms with E-state index in [-0.39, 0.29) is 25.0 Å².